The lowest BCUT2D eigenvalue weighted by Crippen LogP contribution is -2.41. The first-order valence-electron chi connectivity index (χ1n) is 6.62. The Morgan fingerprint density at radius 1 is 1.47 bits per heavy atom. The van der Waals surface area contributed by atoms with E-state index in [1.165, 1.54) is 6.07 Å². The molecule has 1 aromatic rings. The average Bonchev–Trinajstić information content (AvgIpc) is 2.73. The molecule has 102 valence electrons. The second-order valence-corrected chi connectivity index (χ2v) is 5.65. The van der Waals surface area contributed by atoms with E-state index in [-0.39, 0.29) is 22.9 Å². The monoisotopic (exact) mass is 282 g/mol. The number of amides is 1. The molecule has 0 bridgehead atoms. The first kappa shape index (κ1) is 12.9. The van der Waals surface area contributed by atoms with Gasteiger partial charge < -0.3 is 10.2 Å². The molecular weight excluding hydrogens is 267 g/mol. The standard InChI is InChI=1S/C14H16ClFN2O/c15-11-5-1-3-9(13(11)16)7-18-8-12-10(14(18)19)4-2-6-17-12/h1,3,5,10,12,17H,2,4,6-8H2. The van der Waals surface area contributed by atoms with Crippen LogP contribution in [0.4, 0.5) is 4.39 Å². The summed E-state index contributed by atoms with van der Waals surface area (Å²) in [6.07, 6.45) is 1.97. The predicted octanol–water partition coefficient (Wildman–Crippen LogP) is 2.19. The van der Waals surface area contributed by atoms with Crippen molar-refractivity contribution in [3.8, 4) is 0 Å². The molecule has 2 heterocycles. The fraction of sp³-hybridized carbons (Fsp3) is 0.500. The maximum atomic E-state index is 13.9. The van der Waals surface area contributed by atoms with Crippen molar-refractivity contribution in [3.05, 3.63) is 34.6 Å². The van der Waals surface area contributed by atoms with Crippen LogP contribution in [0.3, 0.4) is 0 Å². The molecule has 2 fully saturated rings. The average molecular weight is 283 g/mol. The van der Waals surface area contributed by atoms with E-state index in [2.05, 4.69) is 5.32 Å². The molecule has 0 aliphatic carbocycles. The number of hydrogen-bond donors (Lipinski definition) is 1. The smallest absolute Gasteiger partial charge is 0.227 e. The van der Waals surface area contributed by atoms with Crippen molar-refractivity contribution in [1.82, 2.24) is 10.2 Å². The van der Waals surface area contributed by atoms with Crippen molar-refractivity contribution < 1.29 is 9.18 Å². The quantitative estimate of drug-likeness (QED) is 0.902. The third-order valence-corrected chi connectivity index (χ3v) is 4.31. The van der Waals surface area contributed by atoms with Gasteiger partial charge in [0, 0.05) is 24.7 Å². The van der Waals surface area contributed by atoms with E-state index in [9.17, 15) is 9.18 Å². The summed E-state index contributed by atoms with van der Waals surface area (Å²) >= 11 is 5.77. The second kappa shape index (κ2) is 5.10. The highest BCUT2D eigenvalue weighted by molar-refractivity contribution is 6.30. The summed E-state index contributed by atoms with van der Waals surface area (Å²) in [5, 5.41) is 3.48. The number of rotatable bonds is 2. The molecule has 2 saturated heterocycles. The topological polar surface area (TPSA) is 32.3 Å². The van der Waals surface area contributed by atoms with Gasteiger partial charge in [-0.3, -0.25) is 4.79 Å². The van der Waals surface area contributed by atoms with Gasteiger partial charge in [-0.15, -0.1) is 0 Å². The molecule has 3 nitrogen and oxygen atoms in total. The maximum Gasteiger partial charge on any atom is 0.227 e. The summed E-state index contributed by atoms with van der Waals surface area (Å²) in [5.74, 6) is -0.215. The minimum absolute atomic E-state index is 0.0657. The second-order valence-electron chi connectivity index (χ2n) is 5.24. The molecule has 2 unspecified atom stereocenters. The van der Waals surface area contributed by atoms with Crippen molar-refractivity contribution in [2.45, 2.75) is 25.4 Å². The van der Waals surface area contributed by atoms with Gasteiger partial charge in [-0.2, -0.15) is 0 Å². The van der Waals surface area contributed by atoms with E-state index < -0.39 is 5.82 Å². The van der Waals surface area contributed by atoms with Gasteiger partial charge in [0.15, 0.2) is 0 Å². The van der Waals surface area contributed by atoms with Crippen molar-refractivity contribution in [2.75, 3.05) is 13.1 Å². The Hall–Kier alpha value is -1.13. The van der Waals surface area contributed by atoms with Gasteiger partial charge in [0.05, 0.1) is 10.9 Å². The molecule has 0 radical (unpaired) electrons. The van der Waals surface area contributed by atoms with Crippen molar-refractivity contribution >= 4 is 17.5 Å². The van der Waals surface area contributed by atoms with Gasteiger partial charge in [0.1, 0.15) is 5.82 Å². The van der Waals surface area contributed by atoms with E-state index in [0.29, 0.717) is 18.7 Å². The molecule has 1 aromatic carbocycles. The van der Waals surface area contributed by atoms with E-state index >= 15 is 0 Å². The zero-order valence-electron chi connectivity index (χ0n) is 10.5. The molecule has 2 aliphatic heterocycles. The van der Waals surface area contributed by atoms with Gasteiger partial charge in [0.2, 0.25) is 5.91 Å². The van der Waals surface area contributed by atoms with Crippen LogP contribution in [0.15, 0.2) is 18.2 Å². The van der Waals surface area contributed by atoms with Crippen molar-refractivity contribution in [1.29, 1.82) is 0 Å². The van der Waals surface area contributed by atoms with Crippen LogP contribution >= 0.6 is 11.6 Å². The molecular formula is C14H16ClFN2O. The minimum Gasteiger partial charge on any atom is -0.336 e. The number of nitrogens with zero attached hydrogens (tertiary/aromatic N) is 1. The predicted molar refractivity (Wildman–Crippen MR) is 71.3 cm³/mol. The molecule has 0 spiro atoms. The third-order valence-electron chi connectivity index (χ3n) is 4.02. The van der Waals surface area contributed by atoms with Gasteiger partial charge in [-0.05, 0) is 25.5 Å². The molecule has 5 heteroatoms. The number of carbonyl (C=O) groups is 1. The van der Waals surface area contributed by atoms with Crippen LogP contribution in [0.1, 0.15) is 18.4 Å². The molecule has 3 rings (SSSR count). The number of piperidine rings is 1. The molecule has 1 N–H and O–H groups in total. The largest absolute Gasteiger partial charge is 0.336 e. The highest BCUT2D eigenvalue weighted by atomic mass is 35.5. The Balaban J connectivity index is 1.77. The maximum absolute atomic E-state index is 13.9. The number of carbonyl (C=O) groups excluding carboxylic acids is 1. The van der Waals surface area contributed by atoms with Crippen LogP contribution in [0, 0.1) is 11.7 Å². The SMILES string of the molecule is O=C1C2CCCNC2CN1Cc1cccc(Cl)c1F. The number of likely N-dealkylation sites (tertiary alicyclic amines) is 1. The number of benzene rings is 1. The first-order chi connectivity index (χ1) is 9.16. The summed E-state index contributed by atoms with van der Waals surface area (Å²) in [7, 11) is 0. The molecule has 19 heavy (non-hydrogen) atoms. The Morgan fingerprint density at radius 3 is 3.11 bits per heavy atom. The van der Waals surface area contributed by atoms with Crippen LogP contribution in [0.25, 0.3) is 0 Å². The molecule has 0 aromatic heterocycles. The lowest BCUT2D eigenvalue weighted by Gasteiger charge is -2.23. The van der Waals surface area contributed by atoms with E-state index in [1.807, 2.05) is 0 Å². The minimum atomic E-state index is -0.417. The van der Waals surface area contributed by atoms with Crippen LogP contribution in [-0.4, -0.2) is 29.9 Å². The van der Waals surface area contributed by atoms with Gasteiger partial charge in [-0.25, -0.2) is 4.39 Å². The van der Waals surface area contributed by atoms with Crippen molar-refractivity contribution in [2.24, 2.45) is 5.92 Å². The number of nitrogens with one attached hydrogen (secondary N) is 1. The highest BCUT2D eigenvalue weighted by Gasteiger charge is 2.41. The molecule has 1 amide bonds. The summed E-state index contributed by atoms with van der Waals surface area (Å²) < 4.78 is 13.9. The summed E-state index contributed by atoms with van der Waals surface area (Å²) in [5.41, 5.74) is 0.486. The summed E-state index contributed by atoms with van der Waals surface area (Å²) in [6, 6.07) is 5.15. The van der Waals surface area contributed by atoms with Crippen LogP contribution in [0.2, 0.25) is 5.02 Å². The fourth-order valence-corrected chi connectivity index (χ4v) is 3.21. The Kier molecular flexibility index (Phi) is 3.46. The number of halogens is 2. The lowest BCUT2D eigenvalue weighted by atomic mass is 9.94. The fourth-order valence-electron chi connectivity index (χ4n) is 3.02. The van der Waals surface area contributed by atoms with Crippen LogP contribution in [-0.2, 0) is 11.3 Å². The van der Waals surface area contributed by atoms with Crippen LogP contribution in [0.5, 0.6) is 0 Å². The van der Waals surface area contributed by atoms with E-state index in [0.717, 1.165) is 19.4 Å². The van der Waals surface area contributed by atoms with Crippen LogP contribution < -0.4 is 5.32 Å². The Morgan fingerprint density at radius 2 is 2.32 bits per heavy atom. The van der Waals surface area contributed by atoms with Crippen molar-refractivity contribution in [3.63, 3.8) is 0 Å². The van der Waals surface area contributed by atoms with Gasteiger partial charge in [0.25, 0.3) is 0 Å². The summed E-state index contributed by atoms with van der Waals surface area (Å²) in [6.45, 7) is 1.93. The molecule has 0 saturated carbocycles. The lowest BCUT2D eigenvalue weighted by molar-refractivity contribution is -0.131. The zero-order valence-corrected chi connectivity index (χ0v) is 11.3. The number of fused-ring (bicyclic) bond motifs is 1. The molecule has 2 atom stereocenters. The zero-order chi connectivity index (χ0) is 13.4. The van der Waals surface area contributed by atoms with Gasteiger partial charge in [-0.1, -0.05) is 23.7 Å². The van der Waals surface area contributed by atoms with Gasteiger partial charge >= 0.3 is 0 Å². The van der Waals surface area contributed by atoms with E-state index in [1.54, 1.807) is 17.0 Å². The Labute approximate surface area is 116 Å². The molecule has 2 aliphatic rings. The third kappa shape index (κ3) is 2.35. The van der Waals surface area contributed by atoms with E-state index in [4.69, 9.17) is 11.6 Å². The first-order valence-corrected chi connectivity index (χ1v) is 6.99. The normalized spacial score (nSPS) is 26.6. The number of hydrogen-bond acceptors (Lipinski definition) is 2. The highest BCUT2D eigenvalue weighted by Crippen LogP contribution is 2.28. The summed E-state index contributed by atoms with van der Waals surface area (Å²) in [4.78, 5) is 14.0. The Bertz CT molecular complexity index is 508.